The van der Waals surface area contributed by atoms with E-state index >= 15 is 0 Å². The monoisotopic (exact) mass is 1640 g/mol. The van der Waals surface area contributed by atoms with Crippen molar-refractivity contribution in [1.82, 2.24) is 54.9 Å². The van der Waals surface area contributed by atoms with Gasteiger partial charge in [0.25, 0.3) is 5.91 Å². The number of fused-ring (bicyclic) bond motifs is 6. The first kappa shape index (κ1) is 82.2. The third-order valence-electron chi connectivity index (χ3n) is 23.3. The van der Waals surface area contributed by atoms with Crippen LogP contribution < -0.4 is 43.8 Å². The maximum Gasteiger partial charge on any atom is 0.330 e. The highest BCUT2D eigenvalue weighted by atomic mass is 32.2. The zero-order valence-electron chi connectivity index (χ0n) is 67.4. The van der Waals surface area contributed by atoms with Crippen molar-refractivity contribution < 1.29 is 70.7 Å². The highest BCUT2D eigenvalue weighted by Crippen LogP contribution is 2.49. The van der Waals surface area contributed by atoms with Crippen LogP contribution in [-0.2, 0) is 42.3 Å². The Balaban J connectivity index is 0.000000192. The molecular formula is C87H103N11O15S3. The smallest absolute Gasteiger partial charge is 0.330 e. The van der Waals surface area contributed by atoms with Crippen molar-refractivity contribution in [3.05, 3.63) is 154 Å². The molecule has 2 saturated heterocycles. The number of thiazole rings is 2. The predicted molar refractivity (Wildman–Crippen MR) is 444 cm³/mol. The molecule has 15 rings (SSSR count). The molecule has 4 N–H and O–H groups in total. The number of pyridine rings is 2. The van der Waals surface area contributed by atoms with Gasteiger partial charge in [-0.05, 0) is 150 Å². The molecule has 29 heteroatoms. The van der Waals surface area contributed by atoms with E-state index in [-0.39, 0.29) is 62.2 Å². The number of carbonyl (C=O) groups excluding carboxylic acids is 5. The molecule has 3 aliphatic carbocycles. The van der Waals surface area contributed by atoms with Crippen molar-refractivity contribution in [1.29, 1.82) is 0 Å². The SMILES string of the molecule is COc1ccc(CN2CCCCC/C=C\[C@@H]3C[C@@]3(C(=O)NS(=O)(=O)C3CC3)NC(=O)[C@@H]3C[C@@H](Oc4cc(-c5nc(C(C)C)cs5)nc5c(C)c(OC)ccc45)CN3C2=O)cc1.COc1ccc(CN2CCCCC/C=C\[C@@H]3C[C@@]3(C(=O)O)NC(=O)[C@@H]3C[C@@H](Oc4cc(-c5nc(C(C)C)cs5)nc5c(C)c(OC)ccc45)CN3C2=O)cc1. The summed E-state index contributed by atoms with van der Waals surface area (Å²) in [5, 5.41) is 22.6. The van der Waals surface area contributed by atoms with E-state index in [1.807, 2.05) is 134 Å². The minimum atomic E-state index is -3.88. The molecule has 0 radical (unpaired) electrons. The third-order valence-corrected chi connectivity index (χ3v) is 26.8. The van der Waals surface area contributed by atoms with Gasteiger partial charge in [0.1, 0.15) is 91.3 Å². The van der Waals surface area contributed by atoms with Crippen molar-refractivity contribution in [2.45, 2.75) is 197 Å². The second-order valence-corrected chi connectivity index (χ2v) is 35.7. The van der Waals surface area contributed by atoms with E-state index in [0.29, 0.717) is 96.6 Å². The fraction of sp³-hybridized carbons (Fsp3) is 0.471. The van der Waals surface area contributed by atoms with Gasteiger partial charge in [-0.3, -0.25) is 19.1 Å². The molecule has 8 heterocycles. The van der Waals surface area contributed by atoms with Gasteiger partial charge >= 0.3 is 18.0 Å². The normalized spacial score (nSPS) is 23.9. The number of ether oxygens (including phenoxy) is 6. The Bertz CT molecular complexity index is 5180. The van der Waals surface area contributed by atoms with Gasteiger partial charge in [0.15, 0.2) is 0 Å². The van der Waals surface area contributed by atoms with E-state index in [4.69, 9.17) is 48.4 Å². The number of hydrogen-bond acceptors (Lipinski definition) is 20. The maximum atomic E-state index is 14.9. The van der Waals surface area contributed by atoms with Crippen LogP contribution in [0.1, 0.15) is 163 Å². The van der Waals surface area contributed by atoms with Gasteiger partial charge in [0.05, 0.1) is 69.2 Å². The number of sulfonamides is 1. The van der Waals surface area contributed by atoms with E-state index in [9.17, 15) is 42.3 Å². The first-order chi connectivity index (χ1) is 55.8. The van der Waals surface area contributed by atoms with Gasteiger partial charge in [-0.2, -0.15) is 0 Å². The molecule has 116 heavy (non-hydrogen) atoms. The fourth-order valence-electron chi connectivity index (χ4n) is 16.0. The van der Waals surface area contributed by atoms with Crippen molar-refractivity contribution >= 4 is 90.3 Å². The van der Waals surface area contributed by atoms with Gasteiger partial charge in [-0.25, -0.2) is 42.7 Å². The van der Waals surface area contributed by atoms with Crippen LogP contribution in [0.3, 0.4) is 0 Å². The molecule has 8 aromatic rings. The standard InChI is InChI=1S/C45H54N6O8S2.C42H49N5O7S/c1-27(2)36-26-60-42(47-36)35-22-39(34-18-19-38(58-5)28(3)40(34)46-35)59-32-21-37-41(52)48-45(43(53)49-61(55,56)33-16-17-33)23-30(45)11-9-7-6-8-10-20-50(44(54)51(37)25-32)24-29-12-14-31(57-4)15-13-29;1-25(2)33-24-55-39(44-33)32-20-36(31-16-17-35(53-5)26(3)37(31)43-32)54-30-19-34-38(48)45-42(40(49)50)21-28(42)11-9-7-6-8-10-18-46(41(51)47(34)23-30)22-27-12-14-29(52-4)15-13-27/h9,11-15,18-19,22,26-27,30,32-33,37H,6-8,10,16-17,20-21,23-25H2,1-5H3,(H,48,52)(H,49,53);9,11-17,20,24-25,28,30,34H,6-8,10,18-19,21-23H2,1-5H3,(H,45,48)(H,49,50)/b2*11-9-/t30-,32-,37+,45-;28-,30-,34+,42-/m11/s1. The van der Waals surface area contributed by atoms with Crippen LogP contribution >= 0.6 is 22.7 Å². The molecule has 0 unspecified atom stereocenters. The van der Waals surface area contributed by atoms with Gasteiger partial charge in [0, 0.05) is 95.6 Å². The summed E-state index contributed by atoms with van der Waals surface area (Å²) in [6.07, 6.45) is 15.1. The predicted octanol–water partition coefficient (Wildman–Crippen LogP) is 14.2. The van der Waals surface area contributed by atoms with Gasteiger partial charge in [-0.15, -0.1) is 22.7 Å². The van der Waals surface area contributed by atoms with E-state index in [2.05, 4.69) is 43.1 Å². The van der Waals surface area contributed by atoms with E-state index in [1.54, 1.807) is 48.0 Å². The van der Waals surface area contributed by atoms with Crippen LogP contribution in [-0.4, -0.2) is 184 Å². The summed E-state index contributed by atoms with van der Waals surface area (Å²) in [7, 11) is 2.57. The minimum Gasteiger partial charge on any atom is -0.497 e. The summed E-state index contributed by atoms with van der Waals surface area (Å²) in [6.45, 7) is 14.1. The molecule has 7 amide bonds. The Morgan fingerprint density at radius 2 is 1.00 bits per heavy atom. The number of hydrogen-bond donors (Lipinski definition) is 4. The lowest BCUT2D eigenvalue weighted by Crippen LogP contribution is -2.57. The van der Waals surface area contributed by atoms with Gasteiger partial charge < -0.3 is 63.8 Å². The number of aryl methyl sites for hydroxylation is 2. The molecule has 4 aromatic heterocycles. The Labute approximate surface area is 684 Å². The molecule has 614 valence electrons. The minimum absolute atomic E-state index is 0.0810. The first-order valence-electron chi connectivity index (χ1n) is 40.2. The average molecular weight is 1640 g/mol. The molecule has 0 spiro atoms. The Morgan fingerprint density at radius 3 is 1.41 bits per heavy atom. The average Bonchev–Trinajstić information content (AvgIpc) is 1.56. The molecule has 26 nitrogen and oxygen atoms in total. The maximum absolute atomic E-state index is 14.9. The lowest BCUT2D eigenvalue weighted by molar-refractivity contribution is -0.144. The topological polar surface area (TPSA) is 313 Å². The highest BCUT2D eigenvalue weighted by molar-refractivity contribution is 7.91. The number of nitrogens with zero attached hydrogens (tertiary/aromatic N) is 8. The fourth-order valence-corrected chi connectivity index (χ4v) is 19.2. The number of carboxylic acids is 1. The molecule has 0 bridgehead atoms. The molecule has 8 atom stereocenters. The van der Waals surface area contributed by atoms with Crippen molar-refractivity contribution in [3.8, 4) is 55.9 Å². The molecule has 4 aromatic carbocycles. The Hall–Kier alpha value is -10.4. The number of methoxy groups -OCH3 is 4. The van der Waals surface area contributed by atoms with E-state index in [1.165, 1.54) is 22.7 Å². The second kappa shape index (κ2) is 34.8. The van der Waals surface area contributed by atoms with E-state index < -0.39 is 80.3 Å². The van der Waals surface area contributed by atoms with Crippen LogP contribution in [0.2, 0.25) is 0 Å². The number of aromatic nitrogens is 4. The number of amides is 7. The largest absolute Gasteiger partial charge is 0.497 e. The molecule has 7 aliphatic rings. The number of rotatable bonds is 20. The quantitative estimate of drug-likeness (QED) is 0.0515. The van der Waals surface area contributed by atoms with Crippen LogP contribution in [0.25, 0.3) is 43.2 Å². The number of benzene rings is 4. The summed E-state index contributed by atoms with van der Waals surface area (Å²) in [5.74, 6) is 0.771. The Kier molecular flexibility index (Phi) is 24.7. The Morgan fingerprint density at radius 1 is 0.569 bits per heavy atom. The first-order valence-corrected chi connectivity index (χ1v) is 43.5. The van der Waals surface area contributed by atoms with Gasteiger partial charge in [-0.1, -0.05) is 89.1 Å². The lowest BCUT2D eigenvalue weighted by atomic mass is 10.1. The summed E-state index contributed by atoms with van der Waals surface area (Å²) in [4.78, 5) is 112. The lowest BCUT2D eigenvalue weighted by Gasteiger charge is -2.32. The second-order valence-electron chi connectivity index (χ2n) is 32.0. The van der Waals surface area contributed by atoms with Crippen LogP contribution in [0.4, 0.5) is 9.59 Å². The zero-order valence-corrected chi connectivity index (χ0v) is 69.8. The number of carbonyl (C=O) groups is 6. The number of nitrogens with one attached hydrogen (secondary N) is 3. The van der Waals surface area contributed by atoms with Crippen LogP contribution in [0.5, 0.6) is 34.5 Å². The van der Waals surface area contributed by atoms with Crippen molar-refractivity contribution in [2.75, 3.05) is 54.6 Å². The third kappa shape index (κ3) is 17.8. The molecule has 5 fully saturated rings. The number of carboxylic acid groups (broad SMARTS) is 1. The van der Waals surface area contributed by atoms with Crippen LogP contribution in [0.15, 0.2) is 120 Å². The molecule has 4 aliphatic heterocycles. The van der Waals surface area contributed by atoms with E-state index in [0.717, 1.165) is 112 Å². The highest BCUT2D eigenvalue weighted by Gasteiger charge is 2.63. The number of allylic oxidation sites excluding steroid dienone is 2. The van der Waals surface area contributed by atoms with Gasteiger partial charge in [0.2, 0.25) is 21.8 Å². The van der Waals surface area contributed by atoms with Crippen molar-refractivity contribution in [3.63, 3.8) is 0 Å². The number of aliphatic carboxylic acids is 1. The van der Waals surface area contributed by atoms with Crippen LogP contribution in [0, 0.1) is 25.7 Å². The van der Waals surface area contributed by atoms with Crippen molar-refractivity contribution in [2.24, 2.45) is 11.8 Å². The summed E-state index contributed by atoms with van der Waals surface area (Å²) >= 11 is 3.02. The summed E-state index contributed by atoms with van der Waals surface area (Å²) < 4.78 is 64.0. The zero-order chi connectivity index (χ0) is 81.9. The summed E-state index contributed by atoms with van der Waals surface area (Å²) in [6, 6.07) is 23.9. The summed E-state index contributed by atoms with van der Waals surface area (Å²) in [5.41, 5.74) is 5.24. The molecular weight excluding hydrogens is 1540 g/mol. The molecule has 3 saturated carbocycles. The number of urea groups is 2.